The Hall–Kier alpha value is -2.36. The number of nitrogens with one attached hydrogen (secondary N) is 1. The molecule has 0 aliphatic rings. The molecule has 4 heteroatoms. The first-order chi connectivity index (χ1) is 9.30. The van der Waals surface area contributed by atoms with E-state index in [1.807, 2.05) is 24.3 Å². The third kappa shape index (κ3) is 2.64. The zero-order valence-corrected chi connectivity index (χ0v) is 11.7. The van der Waals surface area contributed by atoms with E-state index in [0.29, 0.717) is 5.56 Å². The molecule has 0 atom stereocenters. The van der Waals surface area contributed by atoms with Crippen molar-refractivity contribution in [3.8, 4) is 11.1 Å². The maximum atomic E-state index is 11.6. The molecule has 0 bridgehead atoms. The summed E-state index contributed by atoms with van der Waals surface area (Å²) < 4.78 is 0. The predicted molar refractivity (Wildman–Crippen MR) is 78.2 cm³/mol. The van der Waals surface area contributed by atoms with E-state index in [0.717, 1.165) is 11.1 Å². The molecule has 0 amide bonds. The number of benzene rings is 1. The zero-order valence-electron chi connectivity index (χ0n) is 11.7. The van der Waals surface area contributed by atoms with E-state index in [1.54, 1.807) is 6.07 Å². The van der Waals surface area contributed by atoms with Gasteiger partial charge >= 0.3 is 5.97 Å². The molecular formula is C16H17NO3. The van der Waals surface area contributed by atoms with Crippen molar-refractivity contribution in [3.63, 3.8) is 0 Å². The summed E-state index contributed by atoms with van der Waals surface area (Å²) in [5.41, 5.74) is 1.53. The van der Waals surface area contributed by atoms with E-state index in [9.17, 15) is 14.7 Å². The van der Waals surface area contributed by atoms with E-state index in [2.05, 4.69) is 25.8 Å². The van der Waals surface area contributed by atoms with Gasteiger partial charge in [-0.1, -0.05) is 45.0 Å². The Balaban J connectivity index is 2.56. The first-order valence-corrected chi connectivity index (χ1v) is 6.36. The summed E-state index contributed by atoms with van der Waals surface area (Å²) in [5, 5.41) is 9.17. The molecule has 4 nitrogen and oxygen atoms in total. The van der Waals surface area contributed by atoms with Crippen LogP contribution in [0.5, 0.6) is 0 Å². The Morgan fingerprint density at radius 3 is 2.20 bits per heavy atom. The molecule has 0 saturated heterocycles. The summed E-state index contributed by atoms with van der Waals surface area (Å²) >= 11 is 0. The van der Waals surface area contributed by atoms with Crippen molar-refractivity contribution in [3.05, 3.63) is 58.0 Å². The molecule has 2 aromatic rings. The Labute approximate surface area is 117 Å². The van der Waals surface area contributed by atoms with Crippen LogP contribution in [0, 0.1) is 0 Å². The first kappa shape index (κ1) is 14.1. The van der Waals surface area contributed by atoms with Gasteiger partial charge in [-0.3, -0.25) is 4.79 Å². The summed E-state index contributed by atoms with van der Waals surface area (Å²) in [6.45, 7) is 6.33. The van der Waals surface area contributed by atoms with Gasteiger partial charge in [0, 0.05) is 11.8 Å². The van der Waals surface area contributed by atoms with Crippen molar-refractivity contribution in [2.45, 2.75) is 26.2 Å². The third-order valence-electron chi connectivity index (χ3n) is 3.24. The van der Waals surface area contributed by atoms with Gasteiger partial charge in [-0.2, -0.15) is 0 Å². The number of carboxylic acid groups (broad SMARTS) is 1. The summed E-state index contributed by atoms with van der Waals surface area (Å²) in [4.78, 5) is 25.3. The number of hydrogen-bond acceptors (Lipinski definition) is 2. The van der Waals surface area contributed by atoms with E-state index >= 15 is 0 Å². The van der Waals surface area contributed by atoms with Crippen LogP contribution in [-0.4, -0.2) is 16.1 Å². The smallest absolute Gasteiger partial charge is 0.341 e. The summed E-state index contributed by atoms with van der Waals surface area (Å²) in [5.74, 6) is -1.22. The highest BCUT2D eigenvalue weighted by Crippen LogP contribution is 2.26. The number of pyridine rings is 1. The Kier molecular flexibility index (Phi) is 3.49. The molecule has 20 heavy (non-hydrogen) atoms. The largest absolute Gasteiger partial charge is 0.477 e. The minimum Gasteiger partial charge on any atom is -0.477 e. The molecule has 1 heterocycles. The number of aromatic amines is 1. The average Bonchev–Trinajstić information content (AvgIpc) is 2.37. The second-order valence-corrected chi connectivity index (χ2v) is 5.73. The van der Waals surface area contributed by atoms with Crippen molar-refractivity contribution < 1.29 is 9.90 Å². The molecule has 0 aliphatic carbocycles. The van der Waals surface area contributed by atoms with Crippen LogP contribution < -0.4 is 5.56 Å². The molecule has 0 fully saturated rings. The van der Waals surface area contributed by atoms with Crippen LogP contribution in [-0.2, 0) is 5.41 Å². The lowest BCUT2D eigenvalue weighted by molar-refractivity contribution is 0.0696. The molecule has 0 spiro atoms. The zero-order chi connectivity index (χ0) is 14.9. The van der Waals surface area contributed by atoms with Crippen LogP contribution >= 0.6 is 0 Å². The van der Waals surface area contributed by atoms with Gasteiger partial charge in [-0.25, -0.2) is 4.79 Å². The average molecular weight is 271 g/mol. The van der Waals surface area contributed by atoms with Crippen molar-refractivity contribution in [2.24, 2.45) is 0 Å². The second kappa shape index (κ2) is 4.96. The van der Waals surface area contributed by atoms with E-state index in [1.165, 1.54) is 6.20 Å². The lowest BCUT2D eigenvalue weighted by Gasteiger charge is -2.19. The number of rotatable bonds is 2. The Bertz CT molecular complexity index is 691. The highest BCUT2D eigenvalue weighted by atomic mass is 16.4. The number of aromatic nitrogens is 1. The van der Waals surface area contributed by atoms with Crippen LogP contribution in [0.3, 0.4) is 0 Å². The van der Waals surface area contributed by atoms with Gasteiger partial charge in [0.2, 0.25) is 0 Å². The molecule has 0 saturated carbocycles. The lowest BCUT2D eigenvalue weighted by Crippen LogP contribution is -2.18. The number of hydrogen-bond donors (Lipinski definition) is 2. The first-order valence-electron chi connectivity index (χ1n) is 6.36. The lowest BCUT2D eigenvalue weighted by atomic mass is 9.86. The minimum atomic E-state index is -1.22. The number of carboxylic acids is 1. The van der Waals surface area contributed by atoms with Gasteiger partial charge < -0.3 is 10.1 Å². The summed E-state index contributed by atoms with van der Waals surface area (Å²) in [7, 11) is 0. The SMILES string of the molecule is CC(C)(C)c1ccc(-c2cc[nH]c(=O)c2C(=O)O)cc1. The van der Waals surface area contributed by atoms with Gasteiger partial charge in [-0.05, 0) is 22.6 Å². The standard InChI is InChI=1S/C16H17NO3/c1-16(2,3)11-6-4-10(5-7-11)12-8-9-17-14(18)13(12)15(19)20/h4-9H,1-3H3,(H,17,18)(H,19,20). The van der Waals surface area contributed by atoms with Crippen LogP contribution in [0.4, 0.5) is 0 Å². The predicted octanol–water partition coefficient (Wildman–Crippen LogP) is 3.04. The van der Waals surface area contributed by atoms with Crippen molar-refractivity contribution >= 4 is 5.97 Å². The Morgan fingerprint density at radius 1 is 1.10 bits per heavy atom. The van der Waals surface area contributed by atoms with Crippen LogP contribution in [0.2, 0.25) is 0 Å². The highest BCUT2D eigenvalue weighted by molar-refractivity contribution is 5.95. The maximum absolute atomic E-state index is 11.6. The number of carbonyl (C=O) groups is 1. The second-order valence-electron chi connectivity index (χ2n) is 5.73. The van der Waals surface area contributed by atoms with E-state index in [4.69, 9.17) is 0 Å². The van der Waals surface area contributed by atoms with Gasteiger partial charge in [-0.15, -0.1) is 0 Å². The maximum Gasteiger partial charge on any atom is 0.341 e. The topological polar surface area (TPSA) is 70.2 Å². The monoisotopic (exact) mass is 271 g/mol. The van der Waals surface area contributed by atoms with E-state index < -0.39 is 11.5 Å². The van der Waals surface area contributed by atoms with Gasteiger partial charge in [0.25, 0.3) is 5.56 Å². The molecule has 1 aromatic heterocycles. The van der Waals surface area contributed by atoms with Crippen LogP contribution in [0.15, 0.2) is 41.3 Å². The normalized spacial score (nSPS) is 11.3. The summed E-state index contributed by atoms with van der Waals surface area (Å²) in [6, 6.07) is 9.23. The third-order valence-corrected chi connectivity index (χ3v) is 3.24. The van der Waals surface area contributed by atoms with Crippen molar-refractivity contribution in [1.82, 2.24) is 4.98 Å². The molecule has 2 N–H and O–H groups in total. The molecule has 2 rings (SSSR count). The molecule has 0 radical (unpaired) electrons. The van der Waals surface area contributed by atoms with Gasteiger partial charge in [0.15, 0.2) is 0 Å². The number of aromatic carboxylic acids is 1. The number of H-pyrrole nitrogens is 1. The quantitative estimate of drug-likeness (QED) is 0.882. The van der Waals surface area contributed by atoms with Gasteiger partial charge in [0.05, 0.1) is 0 Å². The molecule has 0 aliphatic heterocycles. The fourth-order valence-corrected chi connectivity index (χ4v) is 2.08. The highest BCUT2D eigenvalue weighted by Gasteiger charge is 2.17. The molecular weight excluding hydrogens is 254 g/mol. The molecule has 104 valence electrons. The van der Waals surface area contributed by atoms with Crippen LogP contribution in [0.25, 0.3) is 11.1 Å². The molecule has 1 aromatic carbocycles. The van der Waals surface area contributed by atoms with Crippen molar-refractivity contribution in [1.29, 1.82) is 0 Å². The minimum absolute atomic E-state index is 0.0301. The molecule has 0 unspecified atom stereocenters. The fraction of sp³-hybridized carbons (Fsp3) is 0.250. The Morgan fingerprint density at radius 2 is 1.70 bits per heavy atom. The van der Waals surface area contributed by atoms with Crippen molar-refractivity contribution in [2.75, 3.05) is 0 Å². The fourth-order valence-electron chi connectivity index (χ4n) is 2.08. The van der Waals surface area contributed by atoms with Gasteiger partial charge in [0.1, 0.15) is 5.56 Å². The summed E-state index contributed by atoms with van der Waals surface area (Å²) in [6.07, 6.45) is 1.46. The van der Waals surface area contributed by atoms with E-state index in [-0.39, 0.29) is 11.0 Å². The van der Waals surface area contributed by atoms with Crippen LogP contribution in [0.1, 0.15) is 36.7 Å².